The lowest BCUT2D eigenvalue weighted by Crippen LogP contribution is -2.34. The molecular formula is C24H16O9. The lowest BCUT2D eigenvalue weighted by atomic mass is 9.74. The summed E-state index contributed by atoms with van der Waals surface area (Å²) in [5, 5.41) is 39.0. The molecule has 2 heterocycles. The fraction of sp³-hybridized carbons (Fsp3) is 0.125. The van der Waals surface area contributed by atoms with Crippen molar-refractivity contribution in [2.24, 2.45) is 0 Å². The van der Waals surface area contributed by atoms with Crippen LogP contribution in [0.15, 0.2) is 48.5 Å². The minimum atomic E-state index is -1.67. The van der Waals surface area contributed by atoms with E-state index in [-0.39, 0.29) is 45.3 Å². The summed E-state index contributed by atoms with van der Waals surface area (Å²) in [6, 6.07) is 11.2. The zero-order chi connectivity index (χ0) is 23.5. The fourth-order valence-electron chi connectivity index (χ4n) is 4.61. The van der Waals surface area contributed by atoms with Crippen LogP contribution in [0.1, 0.15) is 38.2 Å². The maximum Gasteiger partial charge on any atom is 0.340 e. The Hall–Kier alpha value is -4.53. The summed E-state index contributed by atoms with van der Waals surface area (Å²) in [4.78, 5) is 36.3. The molecule has 0 unspecified atom stereocenters. The second-order valence-electron chi connectivity index (χ2n) is 7.80. The SMILES string of the molecule is O=C(O)Cc1ccc2c(c1CC(=O)O)C1(OC2=O)c2ccc(O)cc2Oc2cc(O)ccc21. The van der Waals surface area contributed by atoms with Crippen molar-refractivity contribution >= 4 is 17.9 Å². The zero-order valence-electron chi connectivity index (χ0n) is 16.9. The molecule has 4 N–H and O–H groups in total. The van der Waals surface area contributed by atoms with Gasteiger partial charge < -0.3 is 29.9 Å². The van der Waals surface area contributed by atoms with Crippen LogP contribution in [0.3, 0.4) is 0 Å². The van der Waals surface area contributed by atoms with E-state index in [2.05, 4.69) is 0 Å². The van der Waals surface area contributed by atoms with Gasteiger partial charge in [0.05, 0.1) is 18.4 Å². The Morgan fingerprint density at radius 2 is 1.39 bits per heavy atom. The van der Waals surface area contributed by atoms with Crippen molar-refractivity contribution in [3.05, 3.63) is 81.9 Å². The Balaban J connectivity index is 1.92. The number of benzene rings is 3. The maximum absolute atomic E-state index is 13.0. The highest BCUT2D eigenvalue weighted by Gasteiger charge is 2.55. The van der Waals surface area contributed by atoms with E-state index in [1.807, 2.05) is 0 Å². The number of phenolic OH excluding ortho intramolecular Hbond substituents is 2. The van der Waals surface area contributed by atoms with E-state index in [4.69, 9.17) is 9.47 Å². The lowest BCUT2D eigenvalue weighted by molar-refractivity contribution is -0.137. The number of carboxylic acid groups (broad SMARTS) is 2. The van der Waals surface area contributed by atoms with Gasteiger partial charge in [-0.25, -0.2) is 4.79 Å². The summed E-state index contributed by atoms with van der Waals surface area (Å²) in [7, 11) is 0. The van der Waals surface area contributed by atoms with Gasteiger partial charge in [-0.1, -0.05) is 6.07 Å². The highest BCUT2D eigenvalue weighted by molar-refractivity contribution is 5.98. The molecule has 9 nitrogen and oxygen atoms in total. The number of hydrogen-bond acceptors (Lipinski definition) is 7. The van der Waals surface area contributed by atoms with Gasteiger partial charge in [0, 0.05) is 28.8 Å². The summed E-state index contributed by atoms with van der Waals surface area (Å²) >= 11 is 0. The Labute approximate surface area is 186 Å². The van der Waals surface area contributed by atoms with Crippen molar-refractivity contribution in [1.29, 1.82) is 0 Å². The number of rotatable bonds is 4. The van der Waals surface area contributed by atoms with Gasteiger partial charge in [-0.15, -0.1) is 0 Å². The Morgan fingerprint density at radius 3 is 1.94 bits per heavy atom. The second-order valence-corrected chi connectivity index (χ2v) is 7.80. The minimum absolute atomic E-state index is 0.0975. The summed E-state index contributed by atoms with van der Waals surface area (Å²) in [6.45, 7) is 0. The summed E-state index contributed by atoms with van der Waals surface area (Å²) in [5.74, 6) is -3.07. The monoisotopic (exact) mass is 448 g/mol. The predicted molar refractivity (Wildman–Crippen MR) is 111 cm³/mol. The van der Waals surface area contributed by atoms with Crippen LogP contribution in [-0.4, -0.2) is 38.3 Å². The van der Waals surface area contributed by atoms with Crippen molar-refractivity contribution in [1.82, 2.24) is 0 Å². The van der Waals surface area contributed by atoms with Crippen LogP contribution in [0, 0.1) is 0 Å². The number of phenols is 2. The summed E-state index contributed by atoms with van der Waals surface area (Å²) in [6.07, 6.45) is -1.01. The molecule has 0 fully saturated rings. The van der Waals surface area contributed by atoms with Crippen LogP contribution in [-0.2, 0) is 32.8 Å². The molecule has 0 aliphatic carbocycles. The topological polar surface area (TPSA) is 151 Å². The number of carboxylic acids is 2. The molecule has 0 radical (unpaired) electrons. The Kier molecular flexibility index (Phi) is 4.32. The molecule has 2 aliphatic rings. The van der Waals surface area contributed by atoms with Crippen molar-refractivity contribution in [3.63, 3.8) is 0 Å². The zero-order valence-corrected chi connectivity index (χ0v) is 16.9. The van der Waals surface area contributed by atoms with Crippen LogP contribution in [0.5, 0.6) is 23.0 Å². The molecule has 0 bridgehead atoms. The number of aromatic hydroxyl groups is 2. The first-order valence-corrected chi connectivity index (χ1v) is 9.87. The Bertz CT molecular complexity index is 1320. The van der Waals surface area contributed by atoms with Crippen molar-refractivity contribution < 1.29 is 44.3 Å². The number of carbonyl (C=O) groups is 3. The molecular weight excluding hydrogens is 432 g/mol. The van der Waals surface area contributed by atoms with Crippen LogP contribution in [0.2, 0.25) is 0 Å². The molecule has 0 amide bonds. The average Bonchev–Trinajstić information content (AvgIpc) is 3.02. The van der Waals surface area contributed by atoms with Gasteiger partial charge in [-0.2, -0.15) is 0 Å². The third-order valence-corrected chi connectivity index (χ3v) is 5.81. The molecule has 33 heavy (non-hydrogen) atoms. The van der Waals surface area contributed by atoms with Crippen LogP contribution >= 0.6 is 0 Å². The molecule has 0 aromatic heterocycles. The molecule has 1 spiro atoms. The molecule has 9 heteroatoms. The van der Waals surface area contributed by atoms with E-state index in [1.54, 1.807) is 0 Å². The van der Waals surface area contributed by atoms with Crippen LogP contribution in [0.4, 0.5) is 0 Å². The number of fused-ring (bicyclic) bond motifs is 6. The number of carbonyl (C=O) groups excluding carboxylic acids is 1. The molecule has 0 saturated carbocycles. The van der Waals surface area contributed by atoms with E-state index in [0.717, 1.165) is 0 Å². The molecule has 2 aliphatic heterocycles. The van der Waals surface area contributed by atoms with Gasteiger partial charge in [0.25, 0.3) is 0 Å². The van der Waals surface area contributed by atoms with Gasteiger partial charge >= 0.3 is 17.9 Å². The van der Waals surface area contributed by atoms with Crippen molar-refractivity contribution in [2.75, 3.05) is 0 Å². The largest absolute Gasteiger partial charge is 0.508 e. The van der Waals surface area contributed by atoms with Crippen LogP contribution in [0.25, 0.3) is 0 Å². The molecule has 0 atom stereocenters. The first-order valence-electron chi connectivity index (χ1n) is 9.87. The lowest BCUT2D eigenvalue weighted by Gasteiger charge is -2.37. The first kappa shape index (κ1) is 20.4. The Morgan fingerprint density at radius 1 is 0.818 bits per heavy atom. The van der Waals surface area contributed by atoms with Crippen LogP contribution < -0.4 is 4.74 Å². The van der Waals surface area contributed by atoms with Gasteiger partial charge in [0.2, 0.25) is 0 Å². The third-order valence-electron chi connectivity index (χ3n) is 5.81. The molecule has 3 aromatic carbocycles. The highest BCUT2D eigenvalue weighted by Crippen LogP contribution is 2.58. The third kappa shape index (κ3) is 2.97. The average molecular weight is 448 g/mol. The normalized spacial score (nSPS) is 14.6. The number of ether oxygens (including phenoxy) is 2. The fourth-order valence-corrected chi connectivity index (χ4v) is 4.61. The van der Waals surface area contributed by atoms with E-state index < -0.39 is 36.4 Å². The highest BCUT2D eigenvalue weighted by atomic mass is 16.6. The maximum atomic E-state index is 13.0. The standard InChI is InChI=1S/C24H16O9/c25-12-2-5-16-18(8-12)32-19-9-13(26)3-6-17(19)24(16)22-14(23(31)33-24)4-1-11(7-20(27)28)15(22)10-21(29)30/h1-6,8-9,25-26H,7,10H2,(H,27,28)(H,29,30). The number of hydrogen-bond donors (Lipinski definition) is 4. The van der Waals surface area contributed by atoms with E-state index in [1.165, 1.54) is 48.5 Å². The van der Waals surface area contributed by atoms with E-state index >= 15 is 0 Å². The van der Waals surface area contributed by atoms with Gasteiger partial charge in [-0.3, -0.25) is 9.59 Å². The summed E-state index contributed by atoms with van der Waals surface area (Å²) in [5.41, 5.74) is -0.344. The molecule has 166 valence electrons. The smallest absolute Gasteiger partial charge is 0.340 e. The van der Waals surface area contributed by atoms with Crippen molar-refractivity contribution in [3.8, 4) is 23.0 Å². The van der Waals surface area contributed by atoms with Crippen molar-refractivity contribution in [2.45, 2.75) is 18.4 Å². The van der Waals surface area contributed by atoms with Gasteiger partial charge in [-0.05, 0) is 41.5 Å². The predicted octanol–water partition coefficient (Wildman–Crippen LogP) is 2.92. The molecule has 3 aromatic rings. The van der Waals surface area contributed by atoms with E-state index in [0.29, 0.717) is 11.1 Å². The molecule has 0 saturated heterocycles. The number of esters is 1. The summed E-state index contributed by atoms with van der Waals surface area (Å²) < 4.78 is 11.8. The van der Waals surface area contributed by atoms with E-state index in [9.17, 15) is 34.8 Å². The number of aliphatic carboxylic acids is 2. The minimum Gasteiger partial charge on any atom is -0.508 e. The van der Waals surface area contributed by atoms with Gasteiger partial charge in [0.1, 0.15) is 23.0 Å². The van der Waals surface area contributed by atoms with Gasteiger partial charge in [0.15, 0.2) is 5.60 Å². The second kappa shape index (κ2) is 6.99. The first-order chi connectivity index (χ1) is 15.7. The molecule has 5 rings (SSSR count). The quantitative estimate of drug-likeness (QED) is 0.442.